The van der Waals surface area contributed by atoms with Crippen LogP contribution in [0.25, 0.3) is 0 Å². The van der Waals surface area contributed by atoms with Crippen LogP contribution in [-0.2, 0) is 15.1 Å². The van der Waals surface area contributed by atoms with Crippen LogP contribution in [0, 0.1) is 0 Å². The van der Waals surface area contributed by atoms with Gasteiger partial charge in [0.2, 0.25) is 5.54 Å². The van der Waals surface area contributed by atoms with Gasteiger partial charge in [-0.3, -0.25) is 0 Å². The standard InChI is InChI=1S/C12H15F2NO3/c1-11(13,14)12(15,10(16)18-3)8-5-4-6-9(7-8)17-2/h4-7H,15H2,1-3H3. The first kappa shape index (κ1) is 14.4. The summed E-state index contributed by atoms with van der Waals surface area (Å²) in [5.74, 6) is -4.36. The molecule has 4 nitrogen and oxygen atoms in total. The van der Waals surface area contributed by atoms with E-state index >= 15 is 0 Å². The molecule has 0 fully saturated rings. The summed E-state index contributed by atoms with van der Waals surface area (Å²) in [5, 5.41) is 0. The van der Waals surface area contributed by atoms with E-state index in [2.05, 4.69) is 4.74 Å². The average molecular weight is 259 g/mol. The Labute approximate surface area is 104 Å². The van der Waals surface area contributed by atoms with Gasteiger partial charge in [-0.25, -0.2) is 13.6 Å². The number of methoxy groups -OCH3 is 2. The molecule has 18 heavy (non-hydrogen) atoms. The number of carbonyl (C=O) groups is 1. The van der Waals surface area contributed by atoms with Gasteiger partial charge in [-0.2, -0.15) is 0 Å². The Kier molecular flexibility index (Phi) is 3.91. The quantitative estimate of drug-likeness (QED) is 0.836. The Balaban J connectivity index is 3.39. The maximum Gasteiger partial charge on any atom is 0.336 e. The van der Waals surface area contributed by atoms with Gasteiger partial charge >= 0.3 is 5.97 Å². The third-order valence-corrected chi connectivity index (χ3v) is 2.72. The number of alkyl halides is 2. The van der Waals surface area contributed by atoms with E-state index in [-0.39, 0.29) is 5.56 Å². The van der Waals surface area contributed by atoms with Crippen molar-refractivity contribution >= 4 is 5.97 Å². The number of rotatable bonds is 4. The largest absolute Gasteiger partial charge is 0.497 e. The molecule has 0 spiro atoms. The van der Waals surface area contributed by atoms with Crippen molar-refractivity contribution in [1.82, 2.24) is 0 Å². The first-order valence-electron chi connectivity index (χ1n) is 5.17. The van der Waals surface area contributed by atoms with Crippen LogP contribution in [0.1, 0.15) is 12.5 Å². The van der Waals surface area contributed by atoms with Crippen molar-refractivity contribution in [2.75, 3.05) is 14.2 Å². The normalized spacial score (nSPS) is 14.8. The van der Waals surface area contributed by atoms with Crippen molar-refractivity contribution in [3.8, 4) is 5.75 Å². The van der Waals surface area contributed by atoms with Gasteiger partial charge in [0.05, 0.1) is 14.2 Å². The van der Waals surface area contributed by atoms with Crippen LogP contribution in [0.15, 0.2) is 24.3 Å². The lowest BCUT2D eigenvalue weighted by Crippen LogP contribution is -2.57. The van der Waals surface area contributed by atoms with Gasteiger partial charge in [-0.05, 0) is 17.7 Å². The van der Waals surface area contributed by atoms with E-state index in [4.69, 9.17) is 10.5 Å². The van der Waals surface area contributed by atoms with E-state index in [1.54, 1.807) is 6.07 Å². The topological polar surface area (TPSA) is 61.5 Å². The minimum atomic E-state index is -3.48. The second-order valence-electron chi connectivity index (χ2n) is 3.92. The zero-order chi connectivity index (χ0) is 14.0. The Morgan fingerprint density at radius 3 is 2.39 bits per heavy atom. The third-order valence-electron chi connectivity index (χ3n) is 2.72. The first-order valence-corrected chi connectivity index (χ1v) is 5.17. The number of hydrogen-bond acceptors (Lipinski definition) is 4. The highest BCUT2D eigenvalue weighted by Gasteiger charge is 2.55. The number of benzene rings is 1. The van der Waals surface area contributed by atoms with Gasteiger partial charge in [-0.15, -0.1) is 0 Å². The molecule has 1 aromatic rings. The van der Waals surface area contributed by atoms with Crippen LogP contribution in [0.4, 0.5) is 8.78 Å². The smallest absolute Gasteiger partial charge is 0.336 e. The monoisotopic (exact) mass is 259 g/mol. The molecule has 0 saturated heterocycles. The Hall–Kier alpha value is -1.69. The van der Waals surface area contributed by atoms with Gasteiger partial charge in [0.15, 0.2) is 0 Å². The van der Waals surface area contributed by atoms with Crippen molar-refractivity contribution in [2.24, 2.45) is 5.73 Å². The van der Waals surface area contributed by atoms with Crippen LogP contribution in [0.5, 0.6) is 5.75 Å². The van der Waals surface area contributed by atoms with Crippen LogP contribution in [0.3, 0.4) is 0 Å². The lowest BCUT2D eigenvalue weighted by atomic mass is 9.85. The van der Waals surface area contributed by atoms with Crippen molar-refractivity contribution in [3.63, 3.8) is 0 Å². The summed E-state index contributed by atoms with van der Waals surface area (Å²) >= 11 is 0. The van der Waals surface area contributed by atoms with Crippen molar-refractivity contribution in [3.05, 3.63) is 29.8 Å². The molecule has 0 radical (unpaired) electrons. The predicted molar refractivity (Wildman–Crippen MR) is 61.5 cm³/mol. The van der Waals surface area contributed by atoms with Gasteiger partial charge in [0.1, 0.15) is 5.75 Å². The Morgan fingerprint density at radius 2 is 1.94 bits per heavy atom. The number of esters is 1. The molecule has 0 aliphatic carbocycles. The maximum atomic E-state index is 13.7. The number of carbonyl (C=O) groups excluding carboxylic acids is 1. The number of hydrogen-bond donors (Lipinski definition) is 1. The lowest BCUT2D eigenvalue weighted by Gasteiger charge is -2.32. The molecule has 6 heteroatoms. The fourth-order valence-electron chi connectivity index (χ4n) is 1.58. The van der Waals surface area contributed by atoms with Gasteiger partial charge in [0.25, 0.3) is 5.92 Å². The number of nitrogens with two attached hydrogens (primary N) is 1. The Bertz CT molecular complexity index is 445. The fourth-order valence-corrected chi connectivity index (χ4v) is 1.58. The molecule has 1 aromatic carbocycles. The van der Waals surface area contributed by atoms with Crippen LogP contribution in [-0.4, -0.2) is 26.1 Å². The van der Waals surface area contributed by atoms with Crippen LogP contribution < -0.4 is 10.5 Å². The lowest BCUT2D eigenvalue weighted by molar-refractivity contribution is -0.164. The maximum absolute atomic E-state index is 13.7. The molecule has 0 aliphatic rings. The zero-order valence-electron chi connectivity index (χ0n) is 10.4. The van der Waals surface area contributed by atoms with E-state index in [1.165, 1.54) is 25.3 Å². The first-order chi connectivity index (χ1) is 8.27. The van der Waals surface area contributed by atoms with E-state index in [9.17, 15) is 13.6 Å². The Morgan fingerprint density at radius 1 is 1.33 bits per heavy atom. The summed E-state index contributed by atoms with van der Waals surface area (Å²) in [6.07, 6.45) is 0. The highest BCUT2D eigenvalue weighted by atomic mass is 19.3. The fraction of sp³-hybridized carbons (Fsp3) is 0.417. The van der Waals surface area contributed by atoms with Gasteiger partial charge in [-0.1, -0.05) is 12.1 Å². The molecule has 1 atom stereocenters. The predicted octanol–water partition coefficient (Wildman–Crippen LogP) is 1.68. The van der Waals surface area contributed by atoms with Gasteiger partial charge < -0.3 is 15.2 Å². The molecule has 0 amide bonds. The molecule has 1 unspecified atom stereocenters. The average Bonchev–Trinajstić information content (AvgIpc) is 2.35. The summed E-state index contributed by atoms with van der Waals surface area (Å²) in [5.41, 5.74) is 2.98. The molecule has 0 saturated carbocycles. The molecule has 0 bridgehead atoms. The SMILES string of the molecule is COC(=O)C(N)(c1cccc(OC)c1)C(C)(F)F. The van der Waals surface area contributed by atoms with Crippen LogP contribution >= 0.6 is 0 Å². The number of halogens is 2. The van der Waals surface area contributed by atoms with Crippen molar-refractivity contribution in [1.29, 1.82) is 0 Å². The second kappa shape index (κ2) is 4.89. The molecular formula is C12H15F2NO3. The van der Waals surface area contributed by atoms with Gasteiger partial charge in [0, 0.05) is 6.92 Å². The molecule has 2 N–H and O–H groups in total. The summed E-state index contributed by atoms with van der Waals surface area (Å²) in [4.78, 5) is 11.6. The highest BCUT2D eigenvalue weighted by Crippen LogP contribution is 2.37. The molecule has 100 valence electrons. The summed E-state index contributed by atoms with van der Waals surface area (Å²) < 4.78 is 36.6. The molecule has 1 rings (SSSR count). The minimum absolute atomic E-state index is 0.0683. The number of ether oxygens (including phenoxy) is 2. The van der Waals surface area contributed by atoms with E-state index < -0.39 is 17.4 Å². The van der Waals surface area contributed by atoms with E-state index in [1.807, 2.05) is 0 Å². The summed E-state index contributed by atoms with van der Waals surface area (Å²) in [6, 6.07) is 5.66. The highest BCUT2D eigenvalue weighted by molar-refractivity contribution is 5.83. The van der Waals surface area contributed by atoms with Crippen molar-refractivity contribution in [2.45, 2.75) is 18.4 Å². The minimum Gasteiger partial charge on any atom is -0.497 e. The van der Waals surface area contributed by atoms with Crippen molar-refractivity contribution < 1.29 is 23.0 Å². The van der Waals surface area contributed by atoms with Crippen LogP contribution in [0.2, 0.25) is 0 Å². The van der Waals surface area contributed by atoms with E-state index in [0.29, 0.717) is 12.7 Å². The molecular weight excluding hydrogens is 244 g/mol. The zero-order valence-corrected chi connectivity index (χ0v) is 10.4. The second-order valence-corrected chi connectivity index (χ2v) is 3.92. The molecule has 0 heterocycles. The van der Waals surface area contributed by atoms with E-state index in [0.717, 1.165) is 7.11 Å². The third kappa shape index (κ3) is 2.28. The summed E-state index contributed by atoms with van der Waals surface area (Å²) in [6.45, 7) is 0.573. The molecule has 0 aliphatic heterocycles. The molecule has 0 aromatic heterocycles. The summed E-state index contributed by atoms with van der Waals surface area (Å²) in [7, 11) is 2.40.